The lowest BCUT2D eigenvalue weighted by atomic mass is 10.1. The molecule has 0 radical (unpaired) electrons. The van der Waals surface area contributed by atoms with Gasteiger partial charge < -0.3 is 20.3 Å². The molecule has 0 spiro atoms. The minimum atomic E-state index is -0.251. The number of nitrogens with one attached hydrogen (secondary N) is 2. The van der Waals surface area contributed by atoms with E-state index in [0.717, 1.165) is 36.8 Å². The predicted octanol–water partition coefficient (Wildman–Crippen LogP) is 3.09. The van der Waals surface area contributed by atoms with E-state index in [2.05, 4.69) is 61.5 Å². The van der Waals surface area contributed by atoms with Gasteiger partial charge in [0.25, 0.3) is 0 Å². The SMILES string of the molecule is CN=C(NCc1ccc(C)cc1OC(C)(C)C)NC1CCN(C(=O)C(C)C)C1. The Morgan fingerprint density at radius 2 is 2.07 bits per heavy atom. The maximum atomic E-state index is 12.2. The summed E-state index contributed by atoms with van der Waals surface area (Å²) in [5, 5.41) is 6.82. The Labute approximate surface area is 169 Å². The van der Waals surface area contributed by atoms with Gasteiger partial charge in [0.2, 0.25) is 5.91 Å². The number of rotatable bonds is 5. The molecule has 1 aromatic carbocycles. The summed E-state index contributed by atoms with van der Waals surface area (Å²) in [5.74, 6) is 1.89. The molecule has 0 aliphatic carbocycles. The number of aryl methyl sites for hydroxylation is 1. The number of carbonyl (C=O) groups is 1. The maximum absolute atomic E-state index is 12.2. The molecule has 1 unspecified atom stereocenters. The molecule has 0 saturated carbocycles. The summed E-state index contributed by atoms with van der Waals surface area (Å²) in [6.45, 7) is 14.3. The van der Waals surface area contributed by atoms with Crippen LogP contribution in [0, 0.1) is 12.8 Å². The smallest absolute Gasteiger partial charge is 0.225 e. The van der Waals surface area contributed by atoms with Gasteiger partial charge in [-0.2, -0.15) is 0 Å². The topological polar surface area (TPSA) is 66.0 Å². The third kappa shape index (κ3) is 6.43. The van der Waals surface area contributed by atoms with E-state index < -0.39 is 0 Å². The molecule has 156 valence electrons. The highest BCUT2D eigenvalue weighted by atomic mass is 16.5. The molecule has 2 rings (SSSR count). The third-order valence-corrected chi connectivity index (χ3v) is 4.64. The highest BCUT2D eigenvalue weighted by Gasteiger charge is 2.28. The van der Waals surface area contributed by atoms with Crippen LogP contribution in [-0.4, -0.2) is 48.5 Å². The monoisotopic (exact) mass is 388 g/mol. The number of hydrogen-bond acceptors (Lipinski definition) is 3. The molecule has 1 atom stereocenters. The summed E-state index contributed by atoms with van der Waals surface area (Å²) in [6.07, 6.45) is 0.933. The summed E-state index contributed by atoms with van der Waals surface area (Å²) in [5.41, 5.74) is 2.01. The second-order valence-electron chi connectivity index (χ2n) is 8.82. The van der Waals surface area contributed by atoms with Crippen molar-refractivity contribution in [2.45, 2.75) is 66.2 Å². The number of likely N-dealkylation sites (tertiary alicyclic amines) is 1. The van der Waals surface area contributed by atoms with E-state index in [1.54, 1.807) is 7.05 Å². The lowest BCUT2D eigenvalue weighted by Crippen LogP contribution is -2.45. The summed E-state index contributed by atoms with van der Waals surface area (Å²) >= 11 is 0. The van der Waals surface area contributed by atoms with Crippen molar-refractivity contribution >= 4 is 11.9 Å². The molecular weight excluding hydrogens is 352 g/mol. The Morgan fingerprint density at radius 3 is 2.68 bits per heavy atom. The highest BCUT2D eigenvalue weighted by Crippen LogP contribution is 2.24. The minimum Gasteiger partial charge on any atom is -0.488 e. The summed E-state index contributed by atoms with van der Waals surface area (Å²) in [4.78, 5) is 18.5. The number of hydrogen-bond donors (Lipinski definition) is 2. The van der Waals surface area contributed by atoms with Crippen LogP contribution < -0.4 is 15.4 Å². The van der Waals surface area contributed by atoms with E-state index in [9.17, 15) is 4.79 Å². The molecular formula is C22H36N4O2. The van der Waals surface area contributed by atoms with Crippen LogP contribution in [0.1, 0.15) is 52.2 Å². The molecule has 1 aliphatic rings. The predicted molar refractivity (Wildman–Crippen MR) is 115 cm³/mol. The molecule has 6 nitrogen and oxygen atoms in total. The van der Waals surface area contributed by atoms with Crippen LogP contribution >= 0.6 is 0 Å². The van der Waals surface area contributed by atoms with Crippen LogP contribution in [0.5, 0.6) is 5.75 Å². The van der Waals surface area contributed by atoms with E-state index >= 15 is 0 Å². The second kappa shape index (κ2) is 9.30. The number of carbonyl (C=O) groups excluding carboxylic acids is 1. The van der Waals surface area contributed by atoms with Crippen molar-refractivity contribution in [3.8, 4) is 5.75 Å². The van der Waals surface area contributed by atoms with Gasteiger partial charge in [-0.15, -0.1) is 0 Å². The van der Waals surface area contributed by atoms with Gasteiger partial charge in [-0.3, -0.25) is 9.79 Å². The largest absolute Gasteiger partial charge is 0.488 e. The van der Waals surface area contributed by atoms with Crippen molar-refractivity contribution in [1.29, 1.82) is 0 Å². The minimum absolute atomic E-state index is 0.0407. The van der Waals surface area contributed by atoms with Gasteiger partial charge in [-0.25, -0.2) is 0 Å². The van der Waals surface area contributed by atoms with Crippen molar-refractivity contribution < 1.29 is 9.53 Å². The molecule has 1 saturated heterocycles. The number of amides is 1. The van der Waals surface area contributed by atoms with Gasteiger partial charge in [0.15, 0.2) is 5.96 Å². The molecule has 1 amide bonds. The first-order valence-corrected chi connectivity index (χ1v) is 10.1. The fraction of sp³-hybridized carbons (Fsp3) is 0.636. The Bertz CT molecular complexity index is 707. The lowest BCUT2D eigenvalue weighted by Gasteiger charge is -2.24. The summed E-state index contributed by atoms with van der Waals surface area (Å²) in [6, 6.07) is 6.48. The van der Waals surface area contributed by atoms with Gasteiger partial charge in [0.05, 0.1) is 0 Å². The van der Waals surface area contributed by atoms with Crippen LogP contribution in [0.15, 0.2) is 23.2 Å². The van der Waals surface area contributed by atoms with Crippen LogP contribution in [0.3, 0.4) is 0 Å². The number of guanidine groups is 1. The number of ether oxygens (including phenoxy) is 1. The molecule has 1 aliphatic heterocycles. The van der Waals surface area contributed by atoms with Gasteiger partial charge in [-0.05, 0) is 45.7 Å². The van der Waals surface area contributed by atoms with Crippen LogP contribution in [-0.2, 0) is 11.3 Å². The quantitative estimate of drug-likeness (QED) is 0.601. The Kier molecular flexibility index (Phi) is 7.33. The fourth-order valence-corrected chi connectivity index (χ4v) is 3.24. The van der Waals surface area contributed by atoms with Gasteiger partial charge in [0, 0.05) is 44.2 Å². The number of benzene rings is 1. The van der Waals surface area contributed by atoms with Crippen LogP contribution in [0.25, 0.3) is 0 Å². The Balaban J connectivity index is 1.95. The number of aliphatic imine (C=N–C) groups is 1. The third-order valence-electron chi connectivity index (χ3n) is 4.64. The highest BCUT2D eigenvalue weighted by molar-refractivity contribution is 5.81. The van der Waals surface area contributed by atoms with E-state index in [-0.39, 0.29) is 23.5 Å². The molecule has 28 heavy (non-hydrogen) atoms. The zero-order chi connectivity index (χ0) is 20.9. The molecule has 1 heterocycles. The maximum Gasteiger partial charge on any atom is 0.225 e. The van der Waals surface area contributed by atoms with Crippen molar-refractivity contribution in [3.63, 3.8) is 0 Å². The van der Waals surface area contributed by atoms with Crippen molar-refractivity contribution in [3.05, 3.63) is 29.3 Å². The van der Waals surface area contributed by atoms with E-state index in [1.807, 2.05) is 18.7 Å². The van der Waals surface area contributed by atoms with E-state index in [1.165, 1.54) is 5.56 Å². The lowest BCUT2D eigenvalue weighted by molar-refractivity contribution is -0.133. The van der Waals surface area contributed by atoms with Gasteiger partial charge in [0.1, 0.15) is 11.4 Å². The van der Waals surface area contributed by atoms with Gasteiger partial charge in [-0.1, -0.05) is 26.0 Å². The van der Waals surface area contributed by atoms with Crippen molar-refractivity contribution in [1.82, 2.24) is 15.5 Å². The van der Waals surface area contributed by atoms with Crippen LogP contribution in [0.4, 0.5) is 0 Å². The summed E-state index contributed by atoms with van der Waals surface area (Å²) in [7, 11) is 1.77. The average molecular weight is 389 g/mol. The molecule has 1 aromatic rings. The standard InChI is InChI=1S/C22H36N4O2/c1-15(2)20(27)26-11-10-18(14-26)25-21(23-7)24-13-17-9-8-16(3)12-19(17)28-22(4,5)6/h8-9,12,15,18H,10-11,13-14H2,1-7H3,(H2,23,24,25). The van der Waals surface area contributed by atoms with Crippen molar-refractivity contribution in [2.75, 3.05) is 20.1 Å². The van der Waals surface area contributed by atoms with Crippen LogP contribution in [0.2, 0.25) is 0 Å². The number of nitrogens with zero attached hydrogens (tertiary/aromatic N) is 2. The zero-order valence-electron chi connectivity index (χ0n) is 18.4. The van der Waals surface area contributed by atoms with Gasteiger partial charge >= 0.3 is 0 Å². The Hall–Kier alpha value is -2.24. The fourth-order valence-electron chi connectivity index (χ4n) is 3.24. The first-order chi connectivity index (χ1) is 13.1. The second-order valence-corrected chi connectivity index (χ2v) is 8.82. The molecule has 1 fully saturated rings. The zero-order valence-corrected chi connectivity index (χ0v) is 18.4. The normalized spacial score (nSPS) is 17.8. The van der Waals surface area contributed by atoms with E-state index in [0.29, 0.717) is 6.54 Å². The molecule has 0 bridgehead atoms. The first-order valence-electron chi connectivity index (χ1n) is 10.1. The average Bonchev–Trinajstić information content (AvgIpc) is 3.06. The van der Waals surface area contributed by atoms with Crippen molar-refractivity contribution in [2.24, 2.45) is 10.9 Å². The molecule has 6 heteroatoms. The first kappa shape index (κ1) is 22.1. The molecule has 0 aromatic heterocycles. The Morgan fingerprint density at radius 1 is 1.36 bits per heavy atom. The van der Waals surface area contributed by atoms with E-state index in [4.69, 9.17) is 4.74 Å². The summed E-state index contributed by atoms with van der Waals surface area (Å²) < 4.78 is 6.13. The molecule has 2 N–H and O–H groups in total.